The highest BCUT2D eigenvalue weighted by molar-refractivity contribution is 6.31. The van der Waals surface area contributed by atoms with E-state index >= 15 is 0 Å². The fourth-order valence-corrected chi connectivity index (χ4v) is 2.50. The van der Waals surface area contributed by atoms with Crippen LogP contribution in [0.2, 0.25) is 5.02 Å². The molecule has 0 saturated carbocycles. The minimum Gasteiger partial charge on any atom is -0.341 e. The third-order valence-corrected chi connectivity index (χ3v) is 4.02. The van der Waals surface area contributed by atoms with E-state index in [0.29, 0.717) is 11.1 Å². The van der Waals surface area contributed by atoms with Gasteiger partial charge in [0.05, 0.1) is 28.3 Å². The quantitative estimate of drug-likeness (QED) is 0.821. The van der Waals surface area contributed by atoms with Crippen LogP contribution in [-0.2, 0) is 0 Å². The van der Waals surface area contributed by atoms with Gasteiger partial charge in [-0.3, -0.25) is 9.59 Å². The van der Waals surface area contributed by atoms with Crippen molar-refractivity contribution in [1.82, 2.24) is 5.32 Å². The van der Waals surface area contributed by atoms with Gasteiger partial charge in [0.2, 0.25) is 0 Å². The molecule has 2 rings (SSSR count). The Hall–Kier alpha value is -2.71. The number of carbonyl (C=O) groups excluding carboxylic acids is 2. The van der Waals surface area contributed by atoms with Crippen LogP contribution >= 0.6 is 11.6 Å². The molecule has 128 valence electrons. The Morgan fingerprint density at radius 1 is 1.16 bits per heavy atom. The molecule has 1 N–H and O–H groups in total. The number of hydrogen-bond donors (Lipinski definition) is 1. The van der Waals surface area contributed by atoms with E-state index in [0.717, 1.165) is 0 Å². The van der Waals surface area contributed by atoms with Crippen molar-refractivity contribution >= 4 is 23.3 Å². The molecule has 0 aliphatic heterocycles. The highest BCUT2D eigenvalue weighted by Gasteiger charge is 2.27. The number of carbonyl (C=O) groups is 2. The van der Waals surface area contributed by atoms with Crippen LogP contribution in [0, 0.1) is 23.1 Å². The summed E-state index contributed by atoms with van der Waals surface area (Å²) in [6.45, 7) is 3.56. The van der Waals surface area contributed by atoms with E-state index < -0.39 is 17.8 Å². The van der Waals surface area contributed by atoms with Gasteiger partial charge in [0, 0.05) is 5.56 Å². The number of halogens is 2. The summed E-state index contributed by atoms with van der Waals surface area (Å²) in [7, 11) is 0. The van der Waals surface area contributed by atoms with Crippen LogP contribution in [0.25, 0.3) is 0 Å². The molecular formula is C19H16ClFN2O2. The molecule has 1 amide bonds. The zero-order valence-electron chi connectivity index (χ0n) is 13.7. The van der Waals surface area contributed by atoms with Crippen LogP contribution in [0.4, 0.5) is 4.39 Å². The Bertz CT molecular complexity index is 841. The summed E-state index contributed by atoms with van der Waals surface area (Å²) in [6.07, 6.45) is 0. The molecule has 1 atom stereocenters. The Balaban J connectivity index is 2.25. The number of nitriles is 1. The van der Waals surface area contributed by atoms with Crippen molar-refractivity contribution in [3.8, 4) is 6.07 Å². The predicted molar refractivity (Wildman–Crippen MR) is 93.0 cm³/mol. The molecule has 25 heavy (non-hydrogen) atoms. The number of benzene rings is 2. The van der Waals surface area contributed by atoms with Gasteiger partial charge in [-0.05, 0) is 30.2 Å². The number of rotatable bonds is 5. The lowest BCUT2D eigenvalue weighted by Gasteiger charge is -2.21. The summed E-state index contributed by atoms with van der Waals surface area (Å²) in [4.78, 5) is 25.1. The van der Waals surface area contributed by atoms with Gasteiger partial charge in [-0.1, -0.05) is 43.6 Å². The van der Waals surface area contributed by atoms with Crippen LogP contribution in [0.15, 0.2) is 42.5 Å². The number of amides is 1. The fourth-order valence-electron chi connectivity index (χ4n) is 2.32. The Labute approximate surface area is 150 Å². The second-order valence-electron chi connectivity index (χ2n) is 5.85. The fraction of sp³-hybridized carbons (Fsp3) is 0.211. The number of nitrogens with one attached hydrogen (secondary N) is 1. The summed E-state index contributed by atoms with van der Waals surface area (Å²) >= 11 is 5.70. The molecule has 0 heterocycles. The molecule has 0 bridgehead atoms. The van der Waals surface area contributed by atoms with E-state index in [1.165, 1.54) is 42.5 Å². The number of hydrogen-bond acceptors (Lipinski definition) is 3. The van der Waals surface area contributed by atoms with Gasteiger partial charge in [-0.2, -0.15) is 5.26 Å². The Kier molecular flexibility index (Phi) is 5.89. The van der Waals surface area contributed by atoms with Crippen molar-refractivity contribution in [2.24, 2.45) is 5.92 Å². The lowest BCUT2D eigenvalue weighted by molar-refractivity contribution is 0.0829. The van der Waals surface area contributed by atoms with E-state index in [4.69, 9.17) is 16.9 Å². The van der Waals surface area contributed by atoms with Crippen LogP contribution < -0.4 is 5.32 Å². The average molecular weight is 359 g/mol. The van der Waals surface area contributed by atoms with Crippen LogP contribution in [-0.4, -0.2) is 17.7 Å². The van der Waals surface area contributed by atoms with Gasteiger partial charge in [0.25, 0.3) is 5.91 Å². The van der Waals surface area contributed by atoms with Crippen molar-refractivity contribution in [1.29, 1.82) is 5.26 Å². The molecule has 1 unspecified atom stereocenters. The normalized spacial score (nSPS) is 11.7. The maximum absolute atomic E-state index is 14.0. The Morgan fingerprint density at radius 3 is 2.36 bits per heavy atom. The number of ketones is 1. The van der Waals surface area contributed by atoms with E-state index in [9.17, 15) is 14.0 Å². The second-order valence-corrected chi connectivity index (χ2v) is 6.26. The van der Waals surface area contributed by atoms with Crippen molar-refractivity contribution in [3.63, 3.8) is 0 Å². The SMILES string of the molecule is CC(C)C(NC(=O)c1cccc(Cl)c1F)C(=O)c1ccc(C#N)cc1. The smallest absolute Gasteiger partial charge is 0.254 e. The summed E-state index contributed by atoms with van der Waals surface area (Å²) < 4.78 is 14.0. The van der Waals surface area contributed by atoms with Gasteiger partial charge in [-0.25, -0.2) is 4.39 Å². The molecule has 0 aliphatic rings. The number of Topliss-reactive ketones (excluding diaryl/α,β-unsaturated/α-hetero) is 1. The maximum atomic E-state index is 14.0. The van der Waals surface area contributed by atoms with E-state index in [1.807, 2.05) is 6.07 Å². The second kappa shape index (κ2) is 7.91. The van der Waals surface area contributed by atoms with Gasteiger partial charge >= 0.3 is 0 Å². The highest BCUT2D eigenvalue weighted by Crippen LogP contribution is 2.19. The molecule has 0 aliphatic carbocycles. The highest BCUT2D eigenvalue weighted by atomic mass is 35.5. The van der Waals surface area contributed by atoms with Crippen LogP contribution in [0.1, 0.15) is 40.1 Å². The van der Waals surface area contributed by atoms with Crippen molar-refractivity contribution in [2.75, 3.05) is 0 Å². The molecular weight excluding hydrogens is 343 g/mol. The maximum Gasteiger partial charge on any atom is 0.254 e. The molecule has 0 spiro atoms. The lowest BCUT2D eigenvalue weighted by Crippen LogP contribution is -2.44. The summed E-state index contributed by atoms with van der Waals surface area (Å²) in [5, 5.41) is 11.2. The first-order valence-corrected chi connectivity index (χ1v) is 8.02. The molecule has 0 saturated heterocycles. The summed E-state index contributed by atoms with van der Waals surface area (Å²) in [5.74, 6) is -2.06. The van der Waals surface area contributed by atoms with Crippen LogP contribution in [0.3, 0.4) is 0 Å². The Morgan fingerprint density at radius 2 is 1.80 bits per heavy atom. The molecule has 6 heteroatoms. The zero-order chi connectivity index (χ0) is 18.6. The summed E-state index contributed by atoms with van der Waals surface area (Å²) in [5.41, 5.74) is 0.582. The van der Waals surface area contributed by atoms with Gasteiger partial charge in [-0.15, -0.1) is 0 Å². The molecule has 2 aromatic rings. The van der Waals surface area contributed by atoms with Crippen LogP contribution in [0.5, 0.6) is 0 Å². The zero-order valence-corrected chi connectivity index (χ0v) is 14.5. The van der Waals surface area contributed by atoms with E-state index in [2.05, 4.69) is 5.32 Å². The molecule has 0 radical (unpaired) electrons. The molecule has 0 fully saturated rings. The monoisotopic (exact) mass is 358 g/mol. The van der Waals surface area contributed by atoms with E-state index in [-0.39, 0.29) is 22.3 Å². The predicted octanol–water partition coefficient (Wildman–Crippen LogP) is 3.99. The third kappa shape index (κ3) is 4.23. The van der Waals surface area contributed by atoms with E-state index in [1.54, 1.807) is 13.8 Å². The van der Waals surface area contributed by atoms with Crippen molar-refractivity contribution < 1.29 is 14.0 Å². The summed E-state index contributed by atoms with van der Waals surface area (Å²) in [6, 6.07) is 11.4. The van der Waals surface area contributed by atoms with Gasteiger partial charge in [0.1, 0.15) is 0 Å². The minimum absolute atomic E-state index is 0.160. The van der Waals surface area contributed by atoms with Gasteiger partial charge in [0.15, 0.2) is 11.6 Å². The first-order valence-electron chi connectivity index (χ1n) is 7.64. The number of nitrogens with zero attached hydrogens (tertiary/aromatic N) is 1. The standard InChI is InChI=1S/C19H16ClFN2O2/c1-11(2)17(18(24)13-8-6-12(10-22)7-9-13)23-19(25)14-4-3-5-15(20)16(14)21/h3-9,11,17H,1-2H3,(H,23,25). The molecule has 2 aromatic carbocycles. The van der Waals surface area contributed by atoms with Crippen molar-refractivity contribution in [3.05, 3.63) is 70.0 Å². The average Bonchev–Trinajstić information content (AvgIpc) is 2.61. The third-order valence-electron chi connectivity index (χ3n) is 3.73. The first-order chi connectivity index (χ1) is 11.8. The largest absolute Gasteiger partial charge is 0.341 e. The minimum atomic E-state index is -0.834. The van der Waals surface area contributed by atoms with Gasteiger partial charge < -0.3 is 5.32 Å². The molecule has 0 aromatic heterocycles. The van der Waals surface area contributed by atoms with Crippen molar-refractivity contribution in [2.45, 2.75) is 19.9 Å². The first kappa shape index (κ1) is 18.6. The lowest BCUT2D eigenvalue weighted by atomic mass is 9.94. The molecule has 4 nitrogen and oxygen atoms in total. The topological polar surface area (TPSA) is 70.0 Å².